The van der Waals surface area contributed by atoms with Gasteiger partial charge >= 0.3 is 5.97 Å². The molecule has 4 nitrogen and oxygen atoms in total. The lowest BCUT2D eigenvalue weighted by molar-refractivity contribution is -0.145. The predicted octanol–water partition coefficient (Wildman–Crippen LogP) is 0.302. The maximum atomic E-state index is 10.8. The first-order chi connectivity index (χ1) is 5.37. The van der Waals surface area contributed by atoms with Crippen LogP contribution in [0.1, 0.15) is 20.8 Å². The van der Waals surface area contributed by atoms with Crippen LogP contribution in [0.5, 0.6) is 0 Å². The molecule has 0 fully saturated rings. The van der Waals surface area contributed by atoms with E-state index >= 15 is 0 Å². The molecule has 1 atom stereocenters. The number of nitrogens with two attached hydrogens (primary N) is 1. The second-order valence-electron chi connectivity index (χ2n) is 3.55. The Bertz CT molecular complexity index is 151. The van der Waals surface area contributed by atoms with Gasteiger partial charge in [0.1, 0.15) is 6.04 Å². The molecule has 0 rings (SSSR count). The van der Waals surface area contributed by atoms with Gasteiger partial charge < -0.3 is 15.2 Å². The zero-order valence-electron chi connectivity index (χ0n) is 8.09. The van der Waals surface area contributed by atoms with E-state index in [0.717, 1.165) is 0 Å². The molecule has 4 heteroatoms. The predicted molar refractivity (Wildman–Crippen MR) is 45.7 cm³/mol. The highest BCUT2D eigenvalue weighted by Crippen LogP contribution is 2.06. The van der Waals surface area contributed by atoms with Gasteiger partial charge in [-0.3, -0.25) is 4.79 Å². The van der Waals surface area contributed by atoms with Crippen molar-refractivity contribution in [3.8, 4) is 0 Å². The van der Waals surface area contributed by atoms with Crippen LogP contribution in [0.4, 0.5) is 0 Å². The molecule has 0 aliphatic carbocycles. The molecule has 0 aromatic carbocycles. The Morgan fingerprint density at radius 3 is 2.33 bits per heavy atom. The van der Waals surface area contributed by atoms with Crippen molar-refractivity contribution in [2.45, 2.75) is 32.4 Å². The molecular formula is C8H17NO3. The van der Waals surface area contributed by atoms with E-state index in [9.17, 15) is 4.79 Å². The van der Waals surface area contributed by atoms with Crippen molar-refractivity contribution < 1.29 is 14.3 Å². The molecule has 72 valence electrons. The van der Waals surface area contributed by atoms with Crippen molar-refractivity contribution in [3.05, 3.63) is 0 Å². The number of carbonyl (C=O) groups is 1. The Labute approximate surface area is 73.0 Å². The molecule has 2 N–H and O–H groups in total. The highest BCUT2D eigenvalue weighted by Gasteiger charge is 2.18. The van der Waals surface area contributed by atoms with Gasteiger partial charge in [0.2, 0.25) is 0 Å². The lowest BCUT2D eigenvalue weighted by Gasteiger charge is -2.21. The first kappa shape index (κ1) is 11.4. The third-order valence-electron chi connectivity index (χ3n) is 1.20. The molecule has 0 aliphatic heterocycles. The minimum absolute atomic E-state index is 0.191. The second kappa shape index (κ2) is 4.42. The van der Waals surface area contributed by atoms with Crippen molar-refractivity contribution in [3.63, 3.8) is 0 Å². The number of hydrogen-bond acceptors (Lipinski definition) is 4. The number of ether oxygens (including phenoxy) is 2. The molecule has 0 radical (unpaired) electrons. The quantitative estimate of drug-likeness (QED) is 0.627. The van der Waals surface area contributed by atoms with Crippen LogP contribution in [0.15, 0.2) is 0 Å². The molecular weight excluding hydrogens is 158 g/mol. The minimum atomic E-state index is -0.686. The van der Waals surface area contributed by atoms with E-state index in [1.807, 2.05) is 20.8 Å². The summed E-state index contributed by atoms with van der Waals surface area (Å²) in [6.45, 7) is 5.89. The number of methoxy groups -OCH3 is 1. The van der Waals surface area contributed by atoms with Crippen LogP contribution < -0.4 is 5.73 Å². The summed E-state index contributed by atoms with van der Waals surface area (Å²) in [6, 6.07) is -0.686. The van der Waals surface area contributed by atoms with Gasteiger partial charge in [0.15, 0.2) is 0 Å². The number of esters is 1. The van der Waals surface area contributed by atoms with Gasteiger partial charge in [-0.25, -0.2) is 0 Å². The highest BCUT2D eigenvalue weighted by atomic mass is 16.5. The molecule has 0 saturated heterocycles. The molecule has 0 saturated carbocycles. The van der Waals surface area contributed by atoms with Gasteiger partial charge in [-0.1, -0.05) is 0 Å². The Hall–Kier alpha value is -0.610. The van der Waals surface area contributed by atoms with Gasteiger partial charge in [0.25, 0.3) is 0 Å². The lowest BCUT2D eigenvalue weighted by Crippen LogP contribution is -2.38. The fourth-order valence-electron chi connectivity index (χ4n) is 0.559. The minimum Gasteiger partial charge on any atom is -0.468 e. The van der Waals surface area contributed by atoms with Crippen molar-refractivity contribution in [1.82, 2.24) is 0 Å². The van der Waals surface area contributed by atoms with Crippen LogP contribution >= 0.6 is 0 Å². The molecule has 0 aliphatic rings. The lowest BCUT2D eigenvalue weighted by atomic mass is 10.2. The summed E-state index contributed by atoms with van der Waals surface area (Å²) in [6.07, 6.45) is 0. The SMILES string of the molecule is COC(=O)[C@H](N)COC(C)(C)C. The number of rotatable bonds is 3. The van der Waals surface area contributed by atoms with Crippen LogP contribution in [-0.2, 0) is 14.3 Å². The highest BCUT2D eigenvalue weighted by molar-refractivity contribution is 5.75. The van der Waals surface area contributed by atoms with E-state index in [4.69, 9.17) is 10.5 Å². The maximum Gasteiger partial charge on any atom is 0.325 e. The first-order valence-corrected chi connectivity index (χ1v) is 3.84. The van der Waals surface area contributed by atoms with Crippen molar-refractivity contribution in [2.75, 3.05) is 13.7 Å². The molecule has 0 bridgehead atoms. The summed E-state index contributed by atoms with van der Waals surface area (Å²) in [5.41, 5.74) is 5.16. The van der Waals surface area contributed by atoms with Crippen LogP contribution in [0, 0.1) is 0 Å². The van der Waals surface area contributed by atoms with E-state index in [2.05, 4.69) is 4.74 Å². The van der Waals surface area contributed by atoms with Gasteiger partial charge in [-0.2, -0.15) is 0 Å². The maximum absolute atomic E-state index is 10.8. The van der Waals surface area contributed by atoms with Crippen LogP contribution in [-0.4, -0.2) is 31.3 Å². The molecule has 0 aromatic rings. The molecule has 0 unspecified atom stereocenters. The van der Waals surface area contributed by atoms with E-state index in [1.54, 1.807) is 0 Å². The van der Waals surface area contributed by atoms with E-state index in [0.29, 0.717) is 0 Å². The smallest absolute Gasteiger partial charge is 0.325 e. The standard InChI is InChI=1S/C8H17NO3/c1-8(2,3)12-5-6(9)7(10)11-4/h6H,5,9H2,1-4H3/t6-/m1/s1. The topological polar surface area (TPSA) is 61.5 Å². The third-order valence-corrected chi connectivity index (χ3v) is 1.20. The summed E-state index contributed by atoms with van der Waals surface area (Å²) in [5, 5.41) is 0. The summed E-state index contributed by atoms with van der Waals surface area (Å²) >= 11 is 0. The molecule has 0 aromatic heterocycles. The van der Waals surface area contributed by atoms with E-state index in [1.165, 1.54) is 7.11 Å². The Balaban J connectivity index is 3.72. The average Bonchev–Trinajstić information content (AvgIpc) is 1.97. The molecule has 12 heavy (non-hydrogen) atoms. The van der Waals surface area contributed by atoms with Crippen molar-refractivity contribution in [1.29, 1.82) is 0 Å². The number of hydrogen-bond donors (Lipinski definition) is 1. The average molecular weight is 175 g/mol. The third kappa shape index (κ3) is 5.09. The number of carbonyl (C=O) groups excluding carboxylic acids is 1. The largest absolute Gasteiger partial charge is 0.468 e. The Morgan fingerprint density at radius 2 is 2.00 bits per heavy atom. The Kier molecular flexibility index (Phi) is 4.20. The van der Waals surface area contributed by atoms with Crippen molar-refractivity contribution >= 4 is 5.97 Å². The summed E-state index contributed by atoms with van der Waals surface area (Å²) in [4.78, 5) is 10.8. The van der Waals surface area contributed by atoms with Gasteiger partial charge in [-0.15, -0.1) is 0 Å². The fourth-order valence-corrected chi connectivity index (χ4v) is 0.559. The van der Waals surface area contributed by atoms with Crippen molar-refractivity contribution in [2.24, 2.45) is 5.73 Å². The first-order valence-electron chi connectivity index (χ1n) is 3.84. The summed E-state index contributed by atoms with van der Waals surface area (Å²) in [5.74, 6) is -0.445. The molecule has 0 spiro atoms. The summed E-state index contributed by atoms with van der Waals surface area (Å²) < 4.78 is 9.72. The second-order valence-corrected chi connectivity index (χ2v) is 3.55. The van der Waals surface area contributed by atoms with Crippen LogP contribution in [0.2, 0.25) is 0 Å². The normalized spacial score (nSPS) is 14.1. The zero-order chi connectivity index (χ0) is 9.78. The molecule has 0 amide bonds. The Morgan fingerprint density at radius 1 is 1.50 bits per heavy atom. The monoisotopic (exact) mass is 175 g/mol. The van der Waals surface area contributed by atoms with Gasteiger partial charge in [-0.05, 0) is 20.8 Å². The van der Waals surface area contributed by atoms with E-state index < -0.39 is 12.0 Å². The van der Waals surface area contributed by atoms with Crippen LogP contribution in [0.3, 0.4) is 0 Å². The van der Waals surface area contributed by atoms with Gasteiger partial charge in [0.05, 0.1) is 19.3 Å². The molecule has 0 heterocycles. The zero-order valence-corrected chi connectivity index (χ0v) is 8.09. The fraction of sp³-hybridized carbons (Fsp3) is 0.875. The summed E-state index contributed by atoms with van der Waals surface area (Å²) in [7, 11) is 1.30. The van der Waals surface area contributed by atoms with Gasteiger partial charge in [0, 0.05) is 0 Å². The van der Waals surface area contributed by atoms with E-state index in [-0.39, 0.29) is 12.2 Å². The van der Waals surface area contributed by atoms with Crippen LogP contribution in [0.25, 0.3) is 0 Å².